The lowest BCUT2D eigenvalue weighted by Gasteiger charge is -2.07. The van der Waals surface area contributed by atoms with Crippen molar-refractivity contribution in [1.29, 1.82) is 0 Å². The maximum Gasteiger partial charge on any atom is 0.269 e. The number of non-ortho nitro benzene ring substituents is 1. The predicted molar refractivity (Wildman–Crippen MR) is 85.9 cm³/mol. The zero-order valence-electron chi connectivity index (χ0n) is 12.5. The van der Waals surface area contributed by atoms with Crippen molar-refractivity contribution in [2.24, 2.45) is 0 Å². The van der Waals surface area contributed by atoms with E-state index in [0.717, 1.165) is 27.9 Å². The molecule has 0 saturated carbocycles. The fraction of sp³-hybridized carbons (Fsp3) is 0.118. The molecule has 23 heavy (non-hydrogen) atoms. The molecule has 2 heterocycles. The lowest BCUT2D eigenvalue weighted by Crippen LogP contribution is -1.97. The molecule has 0 spiro atoms. The third-order valence-corrected chi connectivity index (χ3v) is 3.63. The maximum atomic E-state index is 10.9. The van der Waals surface area contributed by atoms with Crippen LogP contribution in [-0.2, 0) is 6.42 Å². The number of aromatic nitrogens is 3. The molecule has 0 atom stereocenters. The normalized spacial score (nSPS) is 10.5. The zero-order chi connectivity index (χ0) is 16.2. The van der Waals surface area contributed by atoms with Crippen LogP contribution in [0.4, 0.5) is 5.69 Å². The van der Waals surface area contributed by atoms with Crippen LogP contribution in [0.1, 0.15) is 16.8 Å². The molecule has 2 aromatic heterocycles. The van der Waals surface area contributed by atoms with E-state index in [1.165, 1.54) is 12.4 Å². The first-order valence-corrected chi connectivity index (χ1v) is 7.08. The molecular weight excluding hydrogens is 292 g/mol. The summed E-state index contributed by atoms with van der Waals surface area (Å²) in [7, 11) is 0. The second-order valence-corrected chi connectivity index (χ2v) is 5.21. The van der Waals surface area contributed by atoms with E-state index in [1.54, 1.807) is 30.7 Å². The van der Waals surface area contributed by atoms with Gasteiger partial charge in [-0.2, -0.15) is 0 Å². The zero-order valence-corrected chi connectivity index (χ0v) is 12.5. The van der Waals surface area contributed by atoms with Gasteiger partial charge in [0, 0.05) is 48.4 Å². The van der Waals surface area contributed by atoms with E-state index >= 15 is 0 Å². The van der Waals surface area contributed by atoms with Gasteiger partial charge in [0.05, 0.1) is 4.92 Å². The molecule has 3 rings (SSSR count). The van der Waals surface area contributed by atoms with Crippen molar-refractivity contribution < 1.29 is 4.92 Å². The van der Waals surface area contributed by atoms with Gasteiger partial charge in [-0.05, 0) is 35.7 Å². The van der Waals surface area contributed by atoms with E-state index in [9.17, 15) is 10.1 Å². The van der Waals surface area contributed by atoms with Crippen LogP contribution in [0.15, 0.2) is 55.2 Å². The van der Waals surface area contributed by atoms with Crippen LogP contribution in [0.25, 0.3) is 11.1 Å². The molecule has 0 radical (unpaired) electrons. The molecular formula is C17H14N4O2. The molecule has 0 saturated heterocycles. The number of aryl methyl sites for hydroxylation is 1. The second kappa shape index (κ2) is 6.31. The minimum Gasteiger partial charge on any atom is -0.261 e. The Balaban J connectivity index is 1.92. The SMILES string of the molecule is Cc1ccc([N+](=O)[O-])cc1Cc1cc(-c2cncnc2)ccn1. The van der Waals surface area contributed by atoms with Crippen LogP contribution in [-0.4, -0.2) is 19.9 Å². The molecule has 0 fully saturated rings. The number of nitro benzene ring substituents is 1. The van der Waals surface area contributed by atoms with Gasteiger partial charge in [0.2, 0.25) is 0 Å². The first kappa shape index (κ1) is 14.8. The summed E-state index contributed by atoms with van der Waals surface area (Å²) in [6.45, 7) is 1.94. The van der Waals surface area contributed by atoms with Gasteiger partial charge in [-0.1, -0.05) is 6.07 Å². The maximum absolute atomic E-state index is 10.9. The highest BCUT2D eigenvalue weighted by Gasteiger charge is 2.10. The van der Waals surface area contributed by atoms with E-state index in [1.807, 2.05) is 19.1 Å². The smallest absolute Gasteiger partial charge is 0.261 e. The highest BCUT2D eigenvalue weighted by molar-refractivity contribution is 5.61. The quantitative estimate of drug-likeness (QED) is 0.545. The minimum absolute atomic E-state index is 0.0956. The predicted octanol–water partition coefficient (Wildman–Crippen LogP) is 3.35. The number of nitro groups is 1. The van der Waals surface area contributed by atoms with Gasteiger partial charge in [-0.25, -0.2) is 9.97 Å². The Hall–Kier alpha value is -3.15. The summed E-state index contributed by atoms with van der Waals surface area (Å²) >= 11 is 0. The molecule has 1 aromatic carbocycles. The highest BCUT2D eigenvalue weighted by atomic mass is 16.6. The Kier molecular flexibility index (Phi) is 4.05. The van der Waals surface area contributed by atoms with Crippen molar-refractivity contribution >= 4 is 5.69 Å². The van der Waals surface area contributed by atoms with Gasteiger partial charge in [0.25, 0.3) is 5.69 Å². The Bertz CT molecular complexity index is 850. The second-order valence-electron chi connectivity index (χ2n) is 5.21. The van der Waals surface area contributed by atoms with Gasteiger partial charge >= 0.3 is 0 Å². The molecule has 0 unspecified atom stereocenters. The molecule has 6 nitrogen and oxygen atoms in total. The fourth-order valence-electron chi connectivity index (χ4n) is 2.36. The van der Waals surface area contributed by atoms with Gasteiger partial charge in [-0.3, -0.25) is 15.1 Å². The molecule has 0 N–H and O–H groups in total. The molecule has 114 valence electrons. The summed E-state index contributed by atoms with van der Waals surface area (Å²) in [5.41, 5.74) is 4.72. The third kappa shape index (κ3) is 3.37. The average molecular weight is 306 g/mol. The largest absolute Gasteiger partial charge is 0.269 e. The molecule has 0 amide bonds. The van der Waals surface area contributed by atoms with Crippen LogP contribution in [0, 0.1) is 17.0 Å². The molecule has 0 bridgehead atoms. The van der Waals surface area contributed by atoms with E-state index in [4.69, 9.17) is 0 Å². The molecule has 6 heteroatoms. The topological polar surface area (TPSA) is 81.8 Å². The Morgan fingerprint density at radius 3 is 2.61 bits per heavy atom. The first-order chi connectivity index (χ1) is 11.1. The fourth-order valence-corrected chi connectivity index (χ4v) is 2.36. The number of benzene rings is 1. The molecule has 3 aromatic rings. The first-order valence-electron chi connectivity index (χ1n) is 7.08. The number of pyridine rings is 1. The van der Waals surface area contributed by atoms with E-state index in [-0.39, 0.29) is 10.6 Å². The summed E-state index contributed by atoms with van der Waals surface area (Å²) in [4.78, 5) is 22.9. The Morgan fingerprint density at radius 1 is 1.09 bits per heavy atom. The third-order valence-electron chi connectivity index (χ3n) is 3.63. The van der Waals surface area contributed by atoms with Gasteiger partial charge in [0.15, 0.2) is 0 Å². The highest BCUT2D eigenvalue weighted by Crippen LogP contribution is 2.22. The molecule has 0 aliphatic carbocycles. The molecule has 0 aliphatic heterocycles. The van der Waals surface area contributed by atoms with Crippen molar-refractivity contribution in [3.05, 3.63) is 82.2 Å². The van der Waals surface area contributed by atoms with Crippen molar-refractivity contribution in [3.8, 4) is 11.1 Å². The van der Waals surface area contributed by atoms with Crippen LogP contribution in [0.5, 0.6) is 0 Å². The standard InChI is InChI=1S/C17H14N4O2/c1-12-2-3-17(21(22)23)8-14(12)7-16-6-13(4-5-20-16)15-9-18-11-19-10-15/h2-6,8-11H,7H2,1H3. The van der Waals surface area contributed by atoms with Crippen molar-refractivity contribution in [2.45, 2.75) is 13.3 Å². The van der Waals surface area contributed by atoms with Crippen LogP contribution < -0.4 is 0 Å². The lowest BCUT2D eigenvalue weighted by molar-refractivity contribution is -0.384. The van der Waals surface area contributed by atoms with Crippen LogP contribution in [0.2, 0.25) is 0 Å². The van der Waals surface area contributed by atoms with Crippen LogP contribution >= 0.6 is 0 Å². The Labute approximate surface area is 133 Å². The summed E-state index contributed by atoms with van der Waals surface area (Å²) in [6, 6.07) is 8.74. The summed E-state index contributed by atoms with van der Waals surface area (Å²) in [5.74, 6) is 0. The minimum atomic E-state index is -0.381. The monoisotopic (exact) mass is 306 g/mol. The number of hydrogen-bond donors (Lipinski definition) is 0. The van der Waals surface area contributed by atoms with Gasteiger partial charge < -0.3 is 0 Å². The number of nitrogens with zero attached hydrogens (tertiary/aromatic N) is 4. The average Bonchev–Trinajstić information content (AvgIpc) is 2.58. The number of rotatable bonds is 4. The van der Waals surface area contributed by atoms with E-state index < -0.39 is 0 Å². The van der Waals surface area contributed by atoms with Gasteiger partial charge in [0.1, 0.15) is 6.33 Å². The van der Waals surface area contributed by atoms with Crippen molar-refractivity contribution in [3.63, 3.8) is 0 Å². The van der Waals surface area contributed by atoms with Crippen molar-refractivity contribution in [1.82, 2.24) is 15.0 Å². The Morgan fingerprint density at radius 2 is 1.87 bits per heavy atom. The van der Waals surface area contributed by atoms with Crippen LogP contribution in [0.3, 0.4) is 0 Å². The van der Waals surface area contributed by atoms with Crippen molar-refractivity contribution in [2.75, 3.05) is 0 Å². The summed E-state index contributed by atoms with van der Waals surface area (Å²) in [5, 5.41) is 10.9. The van der Waals surface area contributed by atoms with E-state index in [2.05, 4.69) is 15.0 Å². The lowest BCUT2D eigenvalue weighted by atomic mass is 10.0. The van der Waals surface area contributed by atoms with E-state index in [0.29, 0.717) is 6.42 Å². The van der Waals surface area contributed by atoms with Gasteiger partial charge in [-0.15, -0.1) is 0 Å². The molecule has 0 aliphatic rings. The number of hydrogen-bond acceptors (Lipinski definition) is 5. The summed E-state index contributed by atoms with van der Waals surface area (Å²) < 4.78 is 0. The summed E-state index contributed by atoms with van der Waals surface area (Å²) in [6.07, 6.45) is 7.23.